The number of halogens is 1. The number of hydrazine groups is 1. The number of nitriles is 1. The van der Waals surface area contributed by atoms with Crippen LogP contribution in [0, 0.1) is 14.9 Å². The van der Waals surface area contributed by atoms with Gasteiger partial charge >= 0.3 is 0 Å². The van der Waals surface area contributed by atoms with Gasteiger partial charge in [-0.05, 0) is 46.9 Å². The number of hydrogen-bond acceptors (Lipinski definition) is 5. The Balaban J connectivity index is 1.72. The molecule has 0 fully saturated rings. The molecule has 0 saturated heterocycles. The van der Waals surface area contributed by atoms with Crippen LogP contribution in [0.25, 0.3) is 0 Å². The number of ether oxygens (including phenoxy) is 1. The zero-order valence-corrected chi connectivity index (χ0v) is 16.1. The second-order valence-corrected chi connectivity index (χ2v) is 6.32. The molecule has 138 valence electrons. The van der Waals surface area contributed by atoms with Crippen LogP contribution in [0.5, 0.6) is 5.75 Å². The topological polar surface area (TPSA) is 120 Å². The first kappa shape index (κ1) is 20.2. The maximum absolute atomic E-state index is 12.0. The third kappa shape index (κ3) is 6.27. The standard InChI is InChI=1S/C18H15IN4O4/c19-14-7-3-2-6-13(14)18(26)21-10-16(24)22-23-17(25)11-27-15-8-4-1-5-12(15)9-20/h1-8H,10-11H2,(H,21,26)(H,22,24)(H,23,25). The van der Waals surface area contributed by atoms with E-state index >= 15 is 0 Å². The minimum atomic E-state index is -0.611. The molecule has 2 aromatic rings. The Hall–Kier alpha value is -3.13. The summed E-state index contributed by atoms with van der Waals surface area (Å²) >= 11 is 2.02. The Morgan fingerprint density at radius 3 is 2.41 bits per heavy atom. The van der Waals surface area contributed by atoms with Crippen LogP contribution in [-0.2, 0) is 9.59 Å². The van der Waals surface area contributed by atoms with Gasteiger partial charge in [0.05, 0.1) is 17.7 Å². The van der Waals surface area contributed by atoms with E-state index in [1.54, 1.807) is 48.5 Å². The molecule has 0 aliphatic rings. The maximum atomic E-state index is 12.0. The van der Waals surface area contributed by atoms with Gasteiger partial charge in [0.1, 0.15) is 11.8 Å². The molecular weight excluding hydrogens is 463 g/mol. The molecule has 0 unspecified atom stereocenters. The van der Waals surface area contributed by atoms with Crippen LogP contribution in [0.1, 0.15) is 15.9 Å². The number of rotatable bonds is 6. The third-order valence-corrected chi connectivity index (χ3v) is 4.18. The zero-order valence-electron chi connectivity index (χ0n) is 14.0. The fourth-order valence-electron chi connectivity index (χ4n) is 1.95. The highest BCUT2D eigenvalue weighted by atomic mass is 127. The second-order valence-electron chi connectivity index (χ2n) is 5.16. The quantitative estimate of drug-likeness (QED) is 0.425. The monoisotopic (exact) mass is 478 g/mol. The SMILES string of the molecule is N#Cc1ccccc1OCC(=O)NNC(=O)CNC(=O)c1ccccc1I. The van der Waals surface area contributed by atoms with Crippen molar-refractivity contribution in [2.75, 3.05) is 13.2 Å². The molecule has 0 spiro atoms. The first-order chi connectivity index (χ1) is 13.0. The van der Waals surface area contributed by atoms with E-state index in [0.717, 1.165) is 3.57 Å². The molecule has 0 aliphatic carbocycles. The summed E-state index contributed by atoms with van der Waals surface area (Å²) in [5, 5.41) is 11.4. The lowest BCUT2D eigenvalue weighted by Gasteiger charge is -2.10. The van der Waals surface area contributed by atoms with Gasteiger partial charge in [0, 0.05) is 3.57 Å². The first-order valence-corrected chi connectivity index (χ1v) is 8.81. The van der Waals surface area contributed by atoms with Crippen molar-refractivity contribution < 1.29 is 19.1 Å². The van der Waals surface area contributed by atoms with Crippen molar-refractivity contribution >= 4 is 40.3 Å². The maximum Gasteiger partial charge on any atom is 0.276 e. The lowest BCUT2D eigenvalue weighted by molar-refractivity contribution is -0.129. The number of benzene rings is 2. The second kappa shape index (κ2) is 10.1. The van der Waals surface area contributed by atoms with Crippen molar-refractivity contribution in [2.45, 2.75) is 0 Å². The van der Waals surface area contributed by atoms with Crippen molar-refractivity contribution in [1.29, 1.82) is 5.26 Å². The van der Waals surface area contributed by atoms with Gasteiger partial charge in [0.25, 0.3) is 17.7 Å². The van der Waals surface area contributed by atoms with Crippen LogP contribution in [0.4, 0.5) is 0 Å². The van der Waals surface area contributed by atoms with Crippen LogP contribution >= 0.6 is 22.6 Å². The fourth-order valence-corrected chi connectivity index (χ4v) is 2.58. The molecule has 2 rings (SSSR count). The van der Waals surface area contributed by atoms with Crippen LogP contribution in [0.3, 0.4) is 0 Å². The number of nitrogens with one attached hydrogen (secondary N) is 3. The number of hydrogen-bond donors (Lipinski definition) is 3. The highest BCUT2D eigenvalue weighted by Crippen LogP contribution is 2.16. The summed E-state index contributed by atoms with van der Waals surface area (Å²) < 4.78 is 6.00. The highest BCUT2D eigenvalue weighted by Gasteiger charge is 2.11. The molecule has 3 amide bonds. The average Bonchev–Trinajstić information content (AvgIpc) is 2.69. The number of carbonyl (C=O) groups is 3. The summed E-state index contributed by atoms with van der Waals surface area (Å²) in [6, 6.07) is 15.4. The van der Waals surface area contributed by atoms with Crippen molar-refractivity contribution in [3.05, 3.63) is 63.2 Å². The Morgan fingerprint density at radius 1 is 1.00 bits per heavy atom. The van der Waals surface area contributed by atoms with Crippen molar-refractivity contribution in [2.24, 2.45) is 0 Å². The van der Waals surface area contributed by atoms with Crippen LogP contribution < -0.4 is 20.9 Å². The van der Waals surface area contributed by atoms with Gasteiger partial charge in [-0.2, -0.15) is 5.26 Å². The Labute approximate surface area is 169 Å². The Kier molecular flexibility index (Phi) is 7.57. The molecule has 8 nitrogen and oxygen atoms in total. The molecule has 0 heterocycles. The molecular formula is C18H15IN4O4. The highest BCUT2D eigenvalue weighted by molar-refractivity contribution is 14.1. The van der Waals surface area contributed by atoms with Crippen molar-refractivity contribution in [1.82, 2.24) is 16.2 Å². The van der Waals surface area contributed by atoms with E-state index in [1.165, 1.54) is 0 Å². The van der Waals surface area contributed by atoms with Crippen LogP contribution in [-0.4, -0.2) is 30.9 Å². The predicted octanol–water partition coefficient (Wildman–Crippen LogP) is 1.12. The van der Waals surface area contributed by atoms with Crippen molar-refractivity contribution in [3.63, 3.8) is 0 Å². The summed E-state index contributed by atoms with van der Waals surface area (Å²) in [5.41, 5.74) is 5.09. The molecule has 27 heavy (non-hydrogen) atoms. The minimum absolute atomic E-state index is 0.270. The molecule has 9 heteroatoms. The number of nitrogens with zero attached hydrogens (tertiary/aromatic N) is 1. The smallest absolute Gasteiger partial charge is 0.276 e. The van der Waals surface area contributed by atoms with Crippen LogP contribution in [0.2, 0.25) is 0 Å². The Morgan fingerprint density at radius 2 is 1.67 bits per heavy atom. The van der Waals surface area contributed by atoms with Gasteiger partial charge in [0.15, 0.2) is 6.61 Å². The number of carbonyl (C=O) groups excluding carboxylic acids is 3. The largest absolute Gasteiger partial charge is 0.482 e. The van der Waals surface area contributed by atoms with E-state index in [0.29, 0.717) is 11.1 Å². The van der Waals surface area contributed by atoms with Gasteiger partial charge in [-0.25, -0.2) is 0 Å². The molecule has 0 aliphatic heterocycles. The van der Waals surface area contributed by atoms with Gasteiger partial charge in [0.2, 0.25) is 0 Å². The van der Waals surface area contributed by atoms with E-state index in [-0.39, 0.29) is 18.9 Å². The first-order valence-electron chi connectivity index (χ1n) is 7.73. The minimum Gasteiger partial charge on any atom is -0.482 e. The normalized spacial score (nSPS) is 9.63. The number of para-hydroxylation sites is 1. The van der Waals surface area contributed by atoms with Gasteiger partial charge in [-0.1, -0.05) is 24.3 Å². The lowest BCUT2D eigenvalue weighted by Crippen LogP contribution is -2.47. The van der Waals surface area contributed by atoms with E-state index in [1.807, 2.05) is 28.7 Å². The average molecular weight is 478 g/mol. The molecule has 0 saturated carbocycles. The van der Waals surface area contributed by atoms with E-state index in [2.05, 4.69) is 16.2 Å². The lowest BCUT2D eigenvalue weighted by atomic mass is 10.2. The predicted molar refractivity (Wildman–Crippen MR) is 104 cm³/mol. The van der Waals surface area contributed by atoms with Crippen molar-refractivity contribution in [3.8, 4) is 11.8 Å². The molecule has 0 atom stereocenters. The van der Waals surface area contributed by atoms with Crippen LogP contribution in [0.15, 0.2) is 48.5 Å². The van der Waals surface area contributed by atoms with Gasteiger partial charge in [-0.3, -0.25) is 25.2 Å². The summed E-state index contributed by atoms with van der Waals surface area (Å²) in [4.78, 5) is 35.4. The third-order valence-electron chi connectivity index (χ3n) is 3.24. The molecule has 0 bridgehead atoms. The summed E-state index contributed by atoms with van der Waals surface area (Å²) in [7, 11) is 0. The van der Waals surface area contributed by atoms with Gasteiger partial charge < -0.3 is 10.1 Å². The molecule has 2 aromatic carbocycles. The van der Waals surface area contributed by atoms with E-state index in [4.69, 9.17) is 10.00 Å². The van der Waals surface area contributed by atoms with E-state index < -0.39 is 17.7 Å². The molecule has 0 radical (unpaired) electrons. The molecule has 3 N–H and O–H groups in total. The van der Waals surface area contributed by atoms with Gasteiger partial charge in [-0.15, -0.1) is 0 Å². The summed E-state index contributed by atoms with van der Waals surface area (Å²) in [6.07, 6.45) is 0. The fraction of sp³-hybridized carbons (Fsp3) is 0.111. The number of amides is 3. The zero-order chi connectivity index (χ0) is 19.6. The summed E-state index contributed by atoms with van der Waals surface area (Å²) in [5.74, 6) is -1.33. The Bertz CT molecular complexity index is 895. The summed E-state index contributed by atoms with van der Waals surface area (Å²) in [6.45, 7) is -0.685. The molecule has 0 aromatic heterocycles. The van der Waals surface area contributed by atoms with E-state index in [9.17, 15) is 14.4 Å².